The predicted octanol–water partition coefficient (Wildman–Crippen LogP) is 10.4. The highest BCUT2D eigenvalue weighted by atomic mass is 16.5. The van der Waals surface area contributed by atoms with Gasteiger partial charge in [-0.05, 0) is 67.4 Å². The molecule has 0 radical (unpaired) electrons. The summed E-state index contributed by atoms with van der Waals surface area (Å²) in [6, 6.07) is 46.1. The van der Waals surface area contributed by atoms with Crippen molar-refractivity contribution in [3.05, 3.63) is 192 Å². The van der Waals surface area contributed by atoms with Gasteiger partial charge in [-0.15, -0.1) is 0 Å². The zero-order valence-electron chi connectivity index (χ0n) is 25.8. The van der Waals surface area contributed by atoms with Gasteiger partial charge in [0.2, 0.25) is 0 Å². The molecule has 2 unspecified atom stereocenters. The van der Waals surface area contributed by atoms with Gasteiger partial charge in [-0.1, -0.05) is 133 Å². The highest BCUT2D eigenvalue weighted by molar-refractivity contribution is 5.95. The summed E-state index contributed by atoms with van der Waals surface area (Å²) >= 11 is 0. The number of nitrogens with zero attached hydrogens (tertiary/aromatic N) is 1. The van der Waals surface area contributed by atoms with Crippen molar-refractivity contribution in [1.82, 2.24) is 0 Å². The standard InChI is InChI=1S/C36H31NO.C6H7N/c1-25-17-21-28(22-18-25)32-14-7-8-15-33(32)35(36-27(3)31-13-9-10-16-34(31)38-36)37(29-11-5-4-6-12-29)30-23-19-26(2)20-24-30;7-6-4-2-1-3-5-6/h4-24,31,34H,3H2,1-2H3;1-5H,7H2/b36-35-;. The zero-order valence-corrected chi connectivity index (χ0v) is 25.8. The second-order valence-corrected chi connectivity index (χ2v) is 11.4. The number of aryl methyl sites for hydroxylation is 2. The summed E-state index contributed by atoms with van der Waals surface area (Å²) in [6.07, 6.45) is 8.42. The monoisotopic (exact) mass is 586 g/mol. The molecular weight excluding hydrogens is 548 g/mol. The molecule has 0 spiro atoms. The van der Waals surface area contributed by atoms with E-state index in [1.807, 2.05) is 30.3 Å². The van der Waals surface area contributed by atoms with Gasteiger partial charge in [0.1, 0.15) is 11.9 Å². The zero-order chi connectivity index (χ0) is 31.2. The molecule has 5 aromatic rings. The summed E-state index contributed by atoms with van der Waals surface area (Å²) in [5.41, 5.74) is 16.2. The SMILES string of the molecule is C=C1/C(=C(\c2ccccc2-c2ccc(C)cc2)N(c2ccccc2)c2ccc(C)cc2)OC2C=CC=CC12.Nc1ccccc1. The first kappa shape index (κ1) is 29.5. The Hall–Kier alpha value is -5.54. The molecule has 1 aliphatic carbocycles. The number of allylic oxidation sites excluding steroid dienone is 3. The molecule has 2 aliphatic rings. The van der Waals surface area contributed by atoms with Crippen LogP contribution in [0.2, 0.25) is 0 Å². The van der Waals surface area contributed by atoms with Gasteiger partial charge in [-0.25, -0.2) is 0 Å². The fourth-order valence-corrected chi connectivity index (χ4v) is 5.73. The lowest BCUT2D eigenvalue weighted by Gasteiger charge is -2.31. The van der Waals surface area contributed by atoms with Crippen molar-refractivity contribution >= 4 is 22.8 Å². The molecule has 5 aromatic carbocycles. The van der Waals surface area contributed by atoms with E-state index in [4.69, 9.17) is 10.5 Å². The van der Waals surface area contributed by atoms with E-state index in [-0.39, 0.29) is 12.0 Å². The van der Waals surface area contributed by atoms with Crippen molar-refractivity contribution in [2.45, 2.75) is 20.0 Å². The number of benzene rings is 5. The number of ether oxygens (including phenoxy) is 1. The number of nitrogen functional groups attached to an aromatic ring is 1. The lowest BCUT2D eigenvalue weighted by Crippen LogP contribution is -2.19. The Morgan fingerprint density at radius 1 is 0.644 bits per heavy atom. The summed E-state index contributed by atoms with van der Waals surface area (Å²) in [6.45, 7) is 8.81. The van der Waals surface area contributed by atoms with E-state index in [1.54, 1.807) is 0 Å². The third kappa shape index (κ3) is 6.53. The highest BCUT2D eigenvalue weighted by Gasteiger charge is 2.38. The average molecular weight is 587 g/mol. The van der Waals surface area contributed by atoms with E-state index in [1.165, 1.54) is 16.7 Å². The third-order valence-corrected chi connectivity index (χ3v) is 8.12. The average Bonchev–Trinajstić information content (AvgIpc) is 3.41. The molecule has 1 fully saturated rings. The number of anilines is 3. The molecule has 7 rings (SSSR count). The van der Waals surface area contributed by atoms with Crippen LogP contribution < -0.4 is 10.6 Å². The molecule has 1 aliphatic heterocycles. The van der Waals surface area contributed by atoms with Crippen LogP contribution in [0, 0.1) is 19.8 Å². The number of fused-ring (bicyclic) bond motifs is 1. The lowest BCUT2D eigenvalue weighted by molar-refractivity contribution is 0.185. The van der Waals surface area contributed by atoms with Gasteiger partial charge in [0.15, 0.2) is 0 Å². The van der Waals surface area contributed by atoms with Gasteiger partial charge in [0.25, 0.3) is 0 Å². The summed E-state index contributed by atoms with van der Waals surface area (Å²) in [7, 11) is 0. The third-order valence-electron chi connectivity index (χ3n) is 8.12. The van der Waals surface area contributed by atoms with Crippen LogP contribution in [0.15, 0.2) is 176 Å². The fourth-order valence-electron chi connectivity index (χ4n) is 5.73. The van der Waals surface area contributed by atoms with Crippen molar-refractivity contribution in [3.63, 3.8) is 0 Å². The molecule has 2 atom stereocenters. The fraction of sp³-hybridized carbons (Fsp3) is 0.0952. The molecule has 0 amide bonds. The number of hydrogen-bond acceptors (Lipinski definition) is 3. The van der Waals surface area contributed by atoms with Crippen LogP contribution in [-0.4, -0.2) is 6.10 Å². The van der Waals surface area contributed by atoms with Gasteiger partial charge >= 0.3 is 0 Å². The topological polar surface area (TPSA) is 38.5 Å². The quantitative estimate of drug-likeness (QED) is 0.208. The van der Waals surface area contributed by atoms with Crippen LogP contribution in [0.3, 0.4) is 0 Å². The molecule has 1 saturated heterocycles. The van der Waals surface area contributed by atoms with Crippen molar-refractivity contribution in [2.24, 2.45) is 5.92 Å². The summed E-state index contributed by atoms with van der Waals surface area (Å²) in [4.78, 5) is 2.32. The first-order valence-electron chi connectivity index (χ1n) is 15.3. The van der Waals surface area contributed by atoms with Gasteiger partial charge in [0, 0.05) is 34.1 Å². The largest absolute Gasteiger partial charge is 0.483 e. The van der Waals surface area contributed by atoms with Gasteiger partial charge in [-0.2, -0.15) is 0 Å². The number of nitrogens with two attached hydrogens (primary N) is 1. The number of para-hydroxylation sites is 2. The van der Waals surface area contributed by atoms with E-state index in [0.717, 1.165) is 45.2 Å². The first-order valence-corrected chi connectivity index (χ1v) is 15.3. The van der Waals surface area contributed by atoms with E-state index in [0.29, 0.717) is 0 Å². The van der Waals surface area contributed by atoms with Crippen molar-refractivity contribution < 1.29 is 4.74 Å². The molecule has 3 nitrogen and oxygen atoms in total. The smallest absolute Gasteiger partial charge is 0.148 e. The normalized spacial score (nSPS) is 17.5. The summed E-state index contributed by atoms with van der Waals surface area (Å²) < 4.78 is 6.75. The lowest BCUT2D eigenvalue weighted by atomic mass is 9.90. The minimum Gasteiger partial charge on any atom is -0.483 e. The minimum atomic E-state index is -0.0559. The van der Waals surface area contributed by atoms with Crippen LogP contribution in [0.1, 0.15) is 16.7 Å². The molecule has 3 heteroatoms. The van der Waals surface area contributed by atoms with Crippen LogP contribution in [0.5, 0.6) is 0 Å². The molecule has 0 saturated carbocycles. The number of rotatable bonds is 5. The maximum atomic E-state index is 6.75. The second kappa shape index (κ2) is 13.4. The Labute approximate surface area is 266 Å². The van der Waals surface area contributed by atoms with Crippen molar-refractivity contribution in [3.8, 4) is 11.1 Å². The molecule has 2 N–H and O–H groups in total. The summed E-state index contributed by atoms with van der Waals surface area (Å²) in [5.74, 6) is 0.951. The molecular formula is C42H38N2O. The van der Waals surface area contributed by atoms with Gasteiger partial charge in [-0.3, -0.25) is 0 Å². The van der Waals surface area contributed by atoms with Gasteiger partial charge in [0.05, 0.1) is 5.70 Å². The van der Waals surface area contributed by atoms with Crippen molar-refractivity contribution in [2.75, 3.05) is 10.6 Å². The highest BCUT2D eigenvalue weighted by Crippen LogP contribution is 2.47. The van der Waals surface area contributed by atoms with Gasteiger partial charge < -0.3 is 15.4 Å². The summed E-state index contributed by atoms with van der Waals surface area (Å²) in [5, 5.41) is 0. The first-order chi connectivity index (χ1) is 22.0. The predicted molar refractivity (Wildman–Crippen MR) is 190 cm³/mol. The minimum absolute atomic E-state index is 0.0559. The Kier molecular flexibility index (Phi) is 8.79. The van der Waals surface area contributed by atoms with Crippen LogP contribution >= 0.6 is 0 Å². The van der Waals surface area contributed by atoms with E-state index < -0.39 is 0 Å². The Bertz CT molecular complexity index is 1850. The van der Waals surface area contributed by atoms with E-state index in [2.05, 4.69) is 153 Å². The maximum absolute atomic E-state index is 6.75. The molecule has 222 valence electrons. The van der Waals surface area contributed by atoms with Crippen LogP contribution in [0.4, 0.5) is 17.1 Å². The van der Waals surface area contributed by atoms with Crippen LogP contribution in [-0.2, 0) is 4.74 Å². The second-order valence-electron chi connectivity index (χ2n) is 11.4. The van der Waals surface area contributed by atoms with Crippen LogP contribution in [0.25, 0.3) is 16.8 Å². The van der Waals surface area contributed by atoms with Crippen molar-refractivity contribution in [1.29, 1.82) is 0 Å². The van der Waals surface area contributed by atoms with E-state index >= 15 is 0 Å². The molecule has 0 aromatic heterocycles. The molecule has 45 heavy (non-hydrogen) atoms. The Morgan fingerprint density at radius 3 is 1.82 bits per heavy atom. The number of hydrogen-bond donors (Lipinski definition) is 1. The molecule has 0 bridgehead atoms. The molecule has 1 heterocycles. The maximum Gasteiger partial charge on any atom is 0.148 e. The van der Waals surface area contributed by atoms with E-state index in [9.17, 15) is 0 Å². The Morgan fingerprint density at radius 2 is 1.20 bits per heavy atom. The Balaban J connectivity index is 0.000000452.